The molecule has 0 saturated carbocycles. The molecule has 9 rings (SSSR count). The van der Waals surface area contributed by atoms with E-state index in [-0.39, 0.29) is 0 Å². The Labute approximate surface area is 267 Å². The van der Waals surface area contributed by atoms with Gasteiger partial charge in [-0.2, -0.15) is 5.26 Å². The van der Waals surface area contributed by atoms with E-state index in [9.17, 15) is 5.26 Å². The number of para-hydroxylation sites is 4. The lowest BCUT2D eigenvalue weighted by molar-refractivity contribution is 0.968. The van der Waals surface area contributed by atoms with Crippen LogP contribution in [0.3, 0.4) is 0 Å². The lowest BCUT2D eigenvalue weighted by atomic mass is 9.93. The van der Waals surface area contributed by atoms with Gasteiger partial charge in [0.25, 0.3) is 0 Å². The van der Waals surface area contributed by atoms with Crippen LogP contribution in [0.15, 0.2) is 146 Å². The van der Waals surface area contributed by atoms with Gasteiger partial charge in [0.1, 0.15) is 0 Å². The highest BCUT2D eigenvalue weighted by atomic mass is 15.0. The SMILES string of the molecule is N#Cc1ccc(-c2ccc(-n3c4ccccc4c4ccccc43)cc2)cc1-c1ccccc1-n1c2c(c3ccccc31)CCC=C2. The molecule has 3 heteroatoms. The number of fused-ring (bicyclic) bond motifs is 6. The van der Waals surface area contributed by atoms with Crippen LogP contribution in [-0.2, 0) is 6.42 Å². The minimum atomic E-state index is 0.666. The normalized spacial score (nSPS) is 12.5. The standard InChI is InChI=1S/C43H29N3/c44-28-31-22-21-30(29-23-25-32(26-24-29)45-39-16-6-1-11-33(39)34-12-2-7-17-40(34)45)27-38(31)37-15-5-10-20-43(37)46-41-18-8-3-13-35(41)36-14-4-9-19-42(36)46/h1-3,5-13,15-27H,4,14H2. The van der Waals surface area contributed by atoms with E-state index in [1.165, 1.54) is 44.0 Å². The lowest BCUT2D eigenvalue weighted by Gasteiger charge is -2.17. The van der Waals surface area contributed by atoms with Crippen LogP contribution in [0.4, 0.5) is 0 Å². The molecule has 46 heavy (non-hydrogen) atoms. The predicted molar refractivity (Wildman–Crippen MR) is 191 cm³/mol. The maximum absolute atomic E-state index is 10.3. The van der Waals surface area contributed by atoms with Crippen LogP contribution in [0.5, 0.6) is 0 Å². The fourth-order valence-electron chi connectivity index (χ4n) is 7.39. The molecule has 0 aliphatic heterocycles. The highest BCUT2D eigenvalue weighted by Gasteiger charge is 2.21. The molecule has 1 aliphatic carbocycles. The Balaban J connectivity index is 1.18. The van der Waals surface area contributed by atoms with E-state index in [4.69, 9.17) is 0 Å². The van der Waals surface area contributed by atoms with Crippen molar-refractivity contribution in [3.63, 3.8) is 0 Å². The number of benzene rings is 6. The van der Waals surface area contributed by atoms with Gasteiger partial charge in [-0.05, 0) is 84.1 Å². The zero-order valence-corrected chi connectivity index (χ0v) is 25.2. The Morgan fingerprint density at radius 1 is 0.543 bits per heavy atom. The Hall–Kier alpha value is -6.11. The number of aromatic nitrogens is 2. The third-order valence-electron chi connectivity index (χ3n) is 9.47. The van der Waals surface area contributed by atoms with Gasteiger partial charge in [-0.25, -0.2) is 0 Å². The molecule has 0 amide bonds. The second-order valence-corrected chi connectivity index (χ2v) is 12.0. The number of allylic oxidation sites excluding steroid dienone is 1. The Bertz CT molecular complexity index is 2480. The summed E-state index contributed by atoms with van der Waals surface area (Å²) in [6, 6.07) is 51.8. The van der Waals surface area contributed by atoms with Gasteiger partial charge >= 0.3 is 0 Å². The molecule has 0 atom stereocenters. The first-order valence-corrected chi connectivity index (χ1v) is 15.8. The van der Waals surface area contributed by atoms with Gasteiger partial charge in [0.05, 0.1) is 33.9 Å². The van der Waals surface area contributed by atoms with E-state index >= 15 is 0 Å². The van der Waals surface area contributed by atoms with E-state index in [0.29, 0.717) is 5.56 Å². The van der Waals surface area contributed by atoms with Gasteiger partial charge in [0.15, 0.2) is 0 Å². The second kappa shape index (κ2) is 10.5. The molecule has 0 fully saturated rings. The molecule has 0 N–H and O–H groups in total. The van der Waals surface area contributed by atoms with Gasteiger partial charge in [0, 0.05) is 38.7 Å². The van der Waals surface area contributed by atoms with Gasteiger partial charge in [0.2, 0.25) is 0 Å². The Morgan fingerprint density at radius 3 is 1.87 bits per heavy atom. The summed E-state index contributed by atoms with van der Waals surface area (Å²) < 4.78 is 4.72. The zero-order valence-electron chi connectivity index (χ0n) is 25.2. The molecule has 8 aromatic rings. The molecule has 0 saturated heterocycles. The van der Waals surface area contributed by atoms with Gasteiger partial charge < -0.3 is 9.13 Å². The van der Waals surface area contributed by atoms with Crippen LogP contribution >= 0.6 is 0 Å². The van der Waals surface area contributed by atoms with Crippen molar-refractivity contribution in [3.05, 3.63) is 162 Å². The van der Waals surface area contributed by atoms with E-state index in [1.807, 2.05) is 6.07 Å². The summed E-state index contributed by atoms with van der Waals surface area (Å²) in [6.45, 7) is 0. The van der Waals surface area contributed by atoms with Crippen molar-refractivity contribution >= 4 is 38.8 Å². The van der Waals surface area contributed by atoms with Crippen molar-refractivity contribution < 1.29 is 0 Å². The molecule has 0 bridgehead atoms. The summed E-state index contributed by atoms with van der Waals surface area (Å²) in [5.41, 5.74) is 13.3. The van der Waals surface area contributed by atoms with Gasteiger partial charge in [-0.3, -0.25) is 0 Å². The van der Waals surface area contributed by atoms with Crippen molar-refractivity contribution in [1.82, 2.24) is 9.13 Å². The van der Waals surface area contributed by atoms with Crippen LogP contribution in [0.25, 0.3) is 72.4 Å². The van der Waals surface area contributed by atoms with Crippen LogP contribution in [-0.4, -0.2) is 9.13 Å². The average Bonchev–Trinajstić information content (AvgIpc) is 3.65. The predicted octanol–water partition coefficient (Wildman–Crippen LogP) is 10.9. The van der Waals surface area contributed by atoms with Crippen molar-refractivity contribution in [2.24, 2.45) is 0 Å². The number of rotatable bonds is 4. The molecule has 216 valence electrons. The third kappa shape index (κ3) is 3.98. The van der Waals surface area contributed by atoms with Crippen LogP contribution in [0.2, 0.25) is 0 Å². The van der Waals surface area contributed by atoms with Crippen LogP contribution in [0, 0.1) is 11.3 Å². The summed E-state index contributed by atoms with van der Waals surface area (Å²) in [5.74, 6) is 0. The van der Waals surface area contributed by atoms with E-state index in [0.717, 1.165) is 46.5 Å². The molecular formula is C43H29N3. The van der Waals surface area contributed by atoms with Crippen molar-refractivity contribution in [2.75, 3.05) is 0 Å². The molecule has 1 aliphatic rings. The first-order valence-electron chi connectivity index (χ1n) is 15.8. The van der Waals surface area contributed by atoms with Crippen molar-refractivity contribution in [2.45, 2.75) is 12.8 Å². The number of nitriles is 1. The highest BCUT2D eigenvalue weighted by molar-refractivity contribution is 6.09. The second-order valence-electron chi connectivity index (χ2n) is 12.0. The lowest BCUT2D eigenvalue weighted by Crippen LogP contribution is -2.02. The molecule has 2 heterocycles. The maximum atomic E-state index is 10.3. The van der Waals surface area contributed by atoms with Gasteiger partial charge in [-0.1, -0.05) is 97.1 Å². The summed E-state index contributed by atoms with van der Waals surface area (Å²) >= 11 is 0. The monoisotopic (exact) mass is 587 g/mol. The van der Waals surface area contributed by atoms with Crippen LogP contribution < -0.4 is 0 Å². The topological polar surface area (TPSA) is 33.6 Å². The highest BCUT2D eigenvalue weighted by Crippen LogP contribution is 2.39. The largest absolute Gasteiger partial charge is 0.309 e. The maximum Gasteiger partial charge on any atom is 0.0998 e. The zero-order chi connectivity index (χ0) is 30.6. The fraction of sp³-hybridized carbons (Fsp3) is 0.0465. The van der Waals surface area contributed by atoms with Crippen molar-refractivity contribution in [1.29, 1.82) is 5.26 Å². The Kier molecular flexibility index (Phi) is 6.01. The van der Waals surface area contributed by atoms with Gasteiger partial charge in [-0.15, -0.1) is 0 Å². The average molecular weight is 588 g/mol. The first kappa shape index (κ1) is 26.3. The molecule has 3 nitrogen and oxygen atoms in total. The van der Waals surface area contributed by atoms with Crippen molar-refractivity contribution in [3.8, 4) is 39.7 Å². The number of hydrogen-bond donors (Lipinski definition) is 0. The first-order chi connectivity index (χ1) is 22.8. The number of hydrogen-bond acceptors (Lipinski definition) is 1. The molecule has 0 radical (unpaired) electrons. The van der Waals surface area contributed by atoms with E-state index < -0.39 is 0 Å². The Morgan fingerprint density at radius 2 is 1.15 bits per heavy atom. The summed E-state index contributed by atoms with van der Waals surface area (Å²) in [4.78, 5) is 0. The molecule has 0 spiro atoms. The fourth-order valence-corrected chi connectivity index (χ4v) is 7.39. The van der Waals surface area contributed by atoms with E-state index in [2.05, 4.69) is 161 Å². The smallest absolute Gasteiger partial charge is 0.0998 e. The number of aryl methyl sites for hydroxylation is 1. The van der Waals surface area contributed by atoms with Crippen LogP contribution in [0.1, 0.15) is 23.2 Å². The summed E-state index contributed by atoms with van der Waals surface area (Å²) in [6.07, 6.45) is 6.62. The molecule has 2 aromatic heterocycles. The summed E-state index contributed by atoms with van der Waals surface area (Å²) in [7, 11) is 0. The molecular weight excluding hydrogens is 558 g/mol. The third-order valence-corrected chi connectivity index (χ3v) is 9.47. The molecule has 0 unspecified atom stereocenters. The molecule has 6 aromatic carbocycles. The minimum absolute atomic E-state index is 0.666. The minimum Gasteiger partial charge on any atom is -0.309 e. The summed E-state index contributed by atoms with van der Waals surface area (Å²) in [5, 5.41) is 14.1. The number of nitrogens with zero attached hydrogens (tertiary/aromatic N) is 3. The quantitative estimate of drug-likeness (QED) is 0.202. The van der Waals surface area contributed by atoms with E-state index in [1.54, 1.807) is 0 Å².